The molecule has 0 amide bonds. The van der Waals surface area contributed by atoms with Crippen LogP contribution in [0.25, 0.3) is 0 Å². The third kappa shape index (κ3) is 9.84. The molecule has 0 rings (SSSR count). The predicted octanol–water partition coefficient (Wildman–Crippen LogP) is -0.806. The summed E-state index contributed by atoms with van der Waals surface area (Å²) in [5.41, 5.74) is 0. The lowest BCUT2D eigenvalue weighted by atomic mass is 10.4. The number of methoxy groups -OCH3 is 1. The first-order chi connectivity index (χ1) is 5.91. The Labute approximate surface area is 74.3 Å². The number of hydrogen-bond donors (Lipinski definition) is 3. The minimum Gasteiger partial charge on any atom is -0.395 e. The first-order valence-corrected chi connectivity index (χ1v) is 4.43. The van der Waals surface area contributed by atoms with E-state index in [0.717, 1.165) is 32.7 Å². The van der Waals surface area contributed by atoms with Crippen LogP contribution in [0.2, 0.25) is 0 Å². The van der Waals surface area contributed by atoms with Crippen LogP contribution >= 0.6 is 0 Å². The number of ether oxygens (including phenoxy) is 1. The van der Waals surface area contributed by atoms with Crippen molar-refractivity contribution in [1.29, 1.82) is 0 Å². The van der Waals surface area contributed by atoms with Crippen LogP contribution in [0.5, 0.6) is 0 Å². The molecule has 3 N–H and O–H groups in total. The van der Waals surface area contributed by atoms with Crippen LogP contribution in [0.3, 0.4) is 0 Å². The molecule has 0 radical (unpaired) electrons. The first-order valence-electron chi connectivity index (χ1n) is 4.43. The third-order valence-electron chi connectivity index (χ3n) is 1.48. The van der Waals surface area contributed by atoms with Crippen LogP contribution in [0.15, 0.2) is 0 Å². The molecule has 0 aliphatic heterocycles. The van der Waals surface area contributed by atoms with Crippen LogP contribution in [0.1, 0.15) is 6.42 Å². The Balaban J connectivity index is 2.73. The predicted molar refractivity (Wildman–Crippen MR) is 49.3 cm³/mol. The van der Waals surface area contributed by atoms with Crippen LogP contribution in [-0.2, 0) is 4.74 Å². The lowest BCUT2D eigenvalue weighted by Gasteiger charge is -2.04. The van der Waals surface area contributed by atoms with Crippen molar-refractivity contribution in [3.63, 3.8) is 0 Å². The minimum atomic E-state index is 0.219. The number of aliphatic hydroxyl groups excluding tert-OH is 1. The van der Waals surface area contributed by atoms with E-state index in [1.807, 2.05) is 0 Å². The molecule has 0 aliphatic rings. The summed E-state index contributed by atoms with van der Waals surface area (Å²) in [6.45, 7) is 4.55. The summed E-state index contributed by atoms with van der Waals surface area (Å²) in [4.78, 5) is 0. The molecule has 4 nitrogen and oxygen atoms in total. The lowest BCUT2D eigenvalue weighted by Crippen LogP contribution is -2.25. The average molecular weight is 176 g/mol. The highest BCUT2D eigenvalue weighted by atomic mass is 16.5. The molecule has 0 bridgehead atoms. The molecule has 0 fully saturated rings. The van der Waals surface area contributed by atoms with Gasteiger partial charge in [-0.3, -0.25) is 0 Å². The van der Waals surface area contributed by atoms with E-state index >= 15 is 0 Å². The number of hydrogen-bond acceptors (Lipinski definition) is 4. The van der Waals surface area contributed by atoms with Crippen LogP contribution in [0, 0.1) is 0 Å². The van der Waals surface area contributed by atoms with Gasteiger partial charge in [0.2, 0.25) is 0 Å². The van der Waals surface area contributed by atoms with Crippen molar-refractivity contribution in [2.45, 2.75) is 6.42 Å². The Morgan fingerprint density at radius 3 is 2.33 bits per heavy atom. The van der Waals surface area contributed by atoms with E-state index in [1.165, 1.54) is 0 Å². The normalized spacial score (nSPS) is 10.5. The standard InChI is InChI=1S/C8H20N2O2/c1-12-8-6-10-4-2-3-9-5-7-11/h9-11H,2-8H2,1H3. The van der Waals surface area contributed by atoms with Gasteiger partial charge in [-0.25, -0.2) is 0 Å². The molecule has 0 aromatic heterocycles. The highest BCUT2D eigenvalue weighted by Crippen LogP contribution is 1.73. The zero-order chi connectivity index (χ0) is 9.07. The maximum absolute atomic E-state index is 8.44. The van der Waals surface area contributed by atoms with Gasteiger partial charge < -0.3 is 20.5 Å². The fourth-order valence-electron chi connectivity index (χ4n) is 0.842. The molecule has 0 atom stereocenters. The number of aliphatic hydroxyl groups is 1. The third-order valence-corrected chi connectivity index (χ3v) is 1.48. The van der Waals surface area contributed by atoms with Crippen LogP contribution < -0.4 is 10.6 Å². The SMILES string of the molecule is COCCNCCCNCCO. The second-order valence-electron chi connectivity index (χ2n) is 2.57. The summed E-state index contributed by atoms with van der Waals surface area (Å²) in [6, 6.07) is 0. The Morgan fingerprint density at radius 1 is 1.08 bits per heavy atom. The Morgan fingerprint density at radius 2 is 1.75 bits per heavy atom. The number of nitrogens with one attached hydrogen (secondary N) is 2. The fourth-order valence-corrected chi connectivity index (χ4v) is 0.842. The smallest absolute Gasteiger partial charge is 0.0587 e. The second-order valence-corrected chi connectivity index (χ2v) is 2.57. The van der Waals surface area contributed by atoms with Gasteiger partial charge in [0, 0.05) is 20.2 Å². The van der Waals surface area contributed by atoms with Gasteiger partial charge in [-0.15, -0.1) is 0 Å². The van der Waals surface area contributed by atoms with Crippen LogP contribution in [0.4, 0.5) is 0 Å². The molecule has 12 heavy (non-hydrogen) atoms. The lowest BCUT2D eigenvalue weighted by molar-refractivity contribution is 0.199. The van der Waals surface area contributed by atoms with E-state index < -0.39 is 0 Å². The van der Waals surface area contributed by atoms with Crippen molar-refractivity contribution >= 4 is 0 Å². The molecule has 0 aliphatic carbocycles. The largest absolute Gasteiger partial charge is 0.395 e. The molecule has 0 saturated heterocycles. The molecular weight excluding hydrogens is 156 g/mol. The molecule has 4 heteroatoms. The Kier molecular flexibility index (Phi) is 10.7. The molecule has 0 aromatic carbocycles. The average Bonchev–Trinajstić information content (AvgIpc) is 2.10. The van der Waals surface area contributed by atoms with Crippen molar-refractivity contribution in [3.05, 3.63) is 0 Å². The van der Waals surface area contributed by atoms with Crippen molar-refractivity contribution in [1.82, 2.24) is 10.6 Å². The highest BCUT2D eigenvalue weighted by molar-refractivity contribution is 4.50. The molecule has 0 aromatic rings. The summed E-state index contributed by atoms with van der Waals surface area (Å²) in [5, 5.41) is 14.8. The summed E-state index contributed by atoms with van der Waals surface area (Å²) < 4.78 is 4.88. The molecule has 0 saturated carbocycles. The van der Waals surface area contributed by atoms with E-state index in [2.05, 4.69) is 10.6 Å². The fraction of sp³-hybridized carbons (Fsp3) is 1.00. The topological polar surface area (TPSA) is 53.5 Å². The van der Waals surface area contributed by atoms with E-state index in [9.17, 15) is 0 Å². The van der Waals surface area contributed by atoms with E-state index in [0.29, 0.717) is 6.54 Å². The van der Waals surface area contributed by atoms with Gasteiger partial charge >= 0.3 is 0 Å². The zero-order valence-electron chi connectivity index (χ0n) is 7.81. The van der Waals surface area contributed by atoms with E-state index in [4.69, 9.17) is 9.84 Å². The van der Waals surface area contributed by atoms with Gasteiger partial charge in [-0.1, -0.05) is 0 Å². The maximum Gasteiger partial charge on any atom is 0.0587 e. The molecular formula is C8H20N2O2. The van der Waals surface area contributed by atoms with Gasteiger partial charge in [-0.05, 0) is 19.5 Å². The Hall–Kier alpha value is -0.160. The second kappa shape index (κ2) is 10.8. The van der Waals surface area contributed by atoms with Gasteiger partial charge in [-0.2, -0.15) is 0 Å². The van der Waals surface area contributed by atoms with Crippen molar-refractivity contribution in [2.24, 2.45) is 0 Å². The van der Waals surface area contributed by atoms with Crippen molar-refractivity contribution in [2.75, 3.05) is 46.5 Å². The van der Waals surface area contributed by atoms with Gasteiger partial charge in [0.15, 0.2) is 0 Å². The monoisotopic (exact) mass is 176 g/mol. The van der Waals surface area contributed by atoms with E-state index in [1.54, 1.807) is 7.11 Å². The molecule has 0 unspecified atom stereocenters. The Bertz CT molecular complexity index is 71.5. The first kappa shape index (κ1) is 11.8. The number of rotatable bonds is 9. The van der Waals surface area contributed by atoms with E-state index in [-0.39, 0.29) is 6.61 Å². The van der Waals surface area contributed by atoms with Crippen molar-refractivity contribution < 1.29 is 9.84 Å². The zero-order valence-corrected chi connectivity index (χ0v) is 7.81. The summed E-state index contributed by atoms with van der Waals surface area (Å²) in [6.07, 6.45) is 1.09. The van der Waals surface area contributed by atoms with Gasteiger partial charge in [0.25, 0.3) is 0 Å². The summed E-state index contributed by atoms with van der Waals surface area (Å²) in [5.74, 6) is 0. The minimum absolute atomic E-state index is 0.219. The van der Waals surface area contributed by atoms with Gasteiger partial charge in [0.05, 0.1) is 13.2 Å². The highest BCUT2D eigenvalue weighted by Gasteiger charge is 1.87. The molecule has 0 heterocycles. The van der Waals surface area contributed by atoms with Crippen LogP contribution in [-0.4, -0.2) is 51.6 Å². The maximum atomic E-state index is 8.44. The van der Waals surface area contributed by atoms with Crippen molar-refractivity contribution in [3.8, 4) is 0 Å². The van der Waals surface area contributed by atoms with Gasteiger partial charge in [0.1, 0.15) is 0 Å². The summed E-state index contributed by atoms with van der Waals surface area (Å²) >= 11 is 0. The quantitative estimate of drug-likeness (QED) is 0.402. The molecule has 74 valence electrons. The molecule has 0 spiro atoms. The summed E-state index contributed by atoms with van der Waals surface area (Å²) in [7, 11) is 1.70.